The Morgan fingerprint density at radius 2 is 0.509 bits per heavy atom. The van der Waals surface area contributed by atoms with Gasteiger partial charge in [-0.15, -0.1) is 0 Å². The summed E-state index contributed by atoms with van der Waals surface area (Å²) >= 11 is 0. The highest BCUT2D eigenvalue weighted by atomic mass is 14.2. The van der Waals surface area contributed by atoms with E-state index < -0.39 is 0 Å². The van der Waals surface area contributed by atoms with Gasteiger partial charge >= 0.3 is 0 Å². The highest BCUT2D eigenvalue weighted by molar-refractivity contribution is 5.77. The molecule has 0 heteroatoms. The predicted molar refractivity (Wildman–Crippen MR) is 240 cm³/mol. The number of hydrogen-bond donors (Lipinski definition) is 0. The van der Waals surface area contributed by atoms with Gasteiger partial charge in [-0.2, -0.15) is 0 Å². The molecule has 1 aliphatic rings. The normalized spacial score (nSPS) is 12.1. The van der Waals surface area contributed by atoms with Gasteiger partial charge in [0.15, 0.2) is 0 Å². The van der Waals surface area contributed by atoms with Crippen molar-refractivity contribution >= 4 is 0 Å². The predicted octanol–water partition coefficient (Wildman–Crippen LogP) is 18.4. The Morgan fingerprint density at radius 3 is 0.755 bits per heavy atom. The highest BCUT2D eigenvalue weighted by Gasteiger charge is 2.19. The summed E-state index contributed by atoms with van der Waals surface area (Å²) in [6, 6.07) is 14.8. The zero-order chi connectivity index (χ0) is 37.3. The van der Waals surface area contributed by atoms with Gasteiger partial charge in [-0.25, -0.2) is 0 Å². The average Bonchev–Trinajstić information content (AvgIpc) is 3.54. The van der Waals surface area contributed by atoms with Gasteiger partial charge in [0.2, 0.25) is 0 Å². The van der Waals surface area contributed by atoms with Gasteiger partial charge in [0.25, 0.3) is 0 Å². The minimum Gasteiger partial charge on any atom is -0.0654 e. The summed E-state index contributed by atoms with van der Waals surface area (Å²) in [6.07, 6.45) is 55.7. The number of rotatable bonds is 38. The standard InChI is InChI=1S/C53H90/c1-3-5-7-9-11-13-15-17-19-21-23-25-27-29-31-33-35-37-39-48-41-43-50-47-51-44-42-49(46-53(51)52(50)45-48)40-38-36-34-32-30-28-26-24-22-20-18-16-14-12-10-8-6-4-2/h41-46H,3-40,47H2,1-2H3. The van der Waals surface area contributed by atoms with Crippen LogP contribution in [0.4, 0.5) is 0 Å². The van der Waals surface area contributed by atoms with Gasteiger partial charge in [0.05, 0.1) is 0 Å². The molecule has 0 atom stereocenters. The van der Waals surface area contributed by atoms with Crippen LogP contribution in [0.5, 0.6) is 0 Å². The van der Waals surface area contributed by atoms with E-state index in [2.05, 4.69) is 50.2 Å². The molecule has 2 aromatic carbocycles. The van der Waals surface area contributed by atoms with Crippen LogP contribution in [0.15, 0.2) is 36.4 Å². The van der Waals surface area contributed by atoms with E-state index >= 15 is 0 Å². The molecule has 0 aromatic heterocycles. The first-order valence-electron chi connectivity index (χ1n) is 24.6. The lowest BCUT2D eigenvalue weighted by molar-refractivity contribution is 0.525. The molecule has 0 amide bonds. The van der Waals surface area contributed by atoms with Crippen LogP contribution in [0.3, 0.4) is 0 Å². The highest BCUT2D eigenvalue weighted by Crippen LogP contribution is 2.38. The number of aryl methyl sites for hydroxylation is 2. The fraction of sp³-hybridized carbons (Fsp3) is 0.774. The quantitative estimate of drug-likeness (QED) is 0.0516. The first-order chi connectivity index (χ1) is 26.3. The second kappa shape index (κ2) is 32.7. The van der Waals surface area contributed by atoms with Gasteiger partial charge in [-0.05, 0) is 65.5 Å². The van der Waals surface area contributed by atoms with Gasteiger partial charge < -0.3 is 0 Å². The lowest BCUT2D eigenvalue weighted by Gasteiger charge is -2.08. The number of benzene rings is 2. The molecule has 2 aromatic rings. The summed E-state index contributed by atoms with van der Waals surface area (Å²) < 4.78 is 0. The van der Waals surface area contributed by atoms with Crippen LogP contribution in [-0.4, -0.2) is 0 Å². The summed E-state index contributed by atoms with van der Waals surface area (Å²) in [7, 11) is 0. The molecule has 0 saturated carbocycles. The molecule has 0 saturated heterocycles. The summed E-state index contributed by atoms with van der Waals surface area (Å²) in [5.41, 5.74) is 9.29. The third-order valence-corrected chi connectivity index (χ3v) is 12.7. The Balaban J connectivity index is 1.14. The SMILES string of the molecule is CCCCCCCCCCCCCCCCCCCCc1ccc2c(c1)-c1cc(CCCCCCCCCCCCCCCCCCCC)ccc1C2. The van der Waals surface area contributed by atoms with Crippen LogP contribution in [0.1, 0.15) is 267 Å². The van der Waals surface area contributed by atoms with Crippen molar-refractivity contribution in [2.75, 3.05) is 0 Å². The van der Waals surface area contributed by atoms with E-state index in [1.165, 1.54) is 244 Å². The van der Waals surface area contributed by atoms with Crippen LogP contribution in [-0.2, 0) is 19.3 Å². The number of unbranched alkanes of at least 4 members (excludes halogenated alkanes) is 34. The number of hydrogen-bond acceptors (Lipinski definition) is 0. The van der Waals surface area contributed by atoms with Crippen LogP contribution < -0.4 is 0 Å². The Morgan fingerprint density at radius 1 is 0.283 bits per heavy atom. The molecule has 0 heterocycles. The Kier molecular flexibility index (Phi) is 28.2. The molecule has 1 aliphatic carbocycles. The Labute approximate surface area is 332 Å². The molecule has 0 aliphatic heterocycles. The fourth-order valence-electron chi connectivity index (χ4n) is 9.03. The lowest BCUT2D eigenvalue weighted by atomic mass is 9.97. The van der Waals surface area contributed by atoms with E-state index in [4.69, 9.17) is 0 Å². The molecule has 0 bridgehead atoms. The summed E-state index contributed by atoms with van der Waals surface area (Å²) in [5, 5.41) is 0. The van der Waals surface area contributed by atoms with E-state index in [1.54, 1.807) is 33.4 Å². The Bertz CT molecular complexity index is 1020. The van der Waals surface area contributed by atoms with Crippen molar-refractivity contribution in [2.24, 2.45) is 0 Å². The van der Waals surface area contributed by atoms with Gasteiger partial charge in [0, 0.05) is 0 Å². The third kappa shape index (κ3) is 22.6. The van der Waals surface area contributed by atoms with E-state index in [0.29, 0.717) is 0 Å². The van der Waals surface area contributed by atoms with Crippen molar-refractivity contribution in [3.05, 3.63) is 58.7 Å². The molecular weight excluding hydrogens is 637 g/mol. The van der Waals surface area contributed by atoms with Crippen molar-refractivity contribution in [1.82, 2.24) is 0 Å². The first kappa shape index (κ1) is 45.8. The van der Waals surface area contributed by atoms with Crippen molar-refractivity contribution in [3.8, 4) is 11.1 Å². The number of fused-ring (bicyclic) bond motifs is 3. The minimum absolute atomic E-state index is 1.13. The molecule has 0 unspecified atom stereocenters. The largest absolute Gasteiger partial charge is 0.0654 e. The van der Waals surface area contributed by atoms with Gasteiger partial charge in [0.1, 0.15) is 0 Å². The van der Waals surface area contributed by atoms with Crippen molar-refractivity contribution < 1.29 is 0 Å². The monoisotopic (exact) mass is 727 g/mol. The molecule has 0 nitrogen and oxygen atoms in total. The zero-order valence-corrected chi connectivity index (χ0v) is 36.0. The molecule has 0 fully saturated rings. The molecule has 0 spiro atoms. The smallest absolute Gasteiger partial charge is 0.00134 e. The lowest BCUT2D eigenvalue weighted by Crippen LogP contribution is -1.90. The Hall–Kier alpha value is -1.56. The third-order valence-electron chi connectivity index (χ3n) is 12.7. The van der Waals surface area contributed by atoms with Crippen LogP contribution in [0.25, 0.3) is 11.1 Å². The van der Waals surface area contributed by atoms with Crippen LogP contribution in [0, 0.1) is 0 Å². The molecule has 302 valence electrons. The zero-order valence-electron chi connectivity index (χ0n) is 36.0. The van der Waals surface area contributed by atoms with E-state index in [9.17, 15) is 0 Å². The topological polar surface area (TPSA) is 0 Å². The molecule has 53 heavy (non-hydrogen) atoms. The van der Waals surface area contributed by atoms with E-state index in [-0.39, 0.29) is 0 Å². The van der Waals surface area contributed by atoms with Crippen molar-refractivity contribution in [3.63, 3.8) is 0 Å². The maximum atomic E-state index is 2.55. The van der Waals surface area contributed by atoms with Gasteiger partial charge in [-0.1, -0.05) is 269 Å². The maximum absolute atomic E-state index is 2.55. The fourth-order valence-corrected chi connectivity index (χ4v) is 9.03. The van der Waals surface area contributed by atoms with E-state index in [0.717, 1.165) is 6.42 Å². The van der Waals surface area contributed by atoms with Crippen molar-refractivity contribution in [1.29, 1.82) is 0 Å². The first-order valence-corrected chi connectivity index (χ1v) is 24.6. The average molecular weight is 727 g/mol. The van der Waals surface area contributed by atoms with Gasteiger partial charge in [-0.3, -0.25) is 0 Å². The summed E-state index contributed by atoms with van der Waals surface area (Å²) in [4.78, 5) is 0. The van der Waals surface area contributed by atoms with Crippen LogP contribution >= 0.6 is 0 Å². The molecule has 0 radical (unpaired) electrons. The van der Waals surface area contributed by atoms with E-state index in [1.807, 2.05) is 0 Å². The maximum Gasteiger partial charge on any atom is -0.00134 e. The minimum atomic E-state index is 1.13. The second-order valence-corrected chi connectivity index (χ2v) is 17.7. The second-order valence-electron chi connectivity index (χ2n) is 17.7. The summed E-state index contributed by atoms with van der Waals surface area (Å²) in [5.74, 6) is 0. The molecule has 0 N–H and O–H groups in total. The molecular formula is C53H90. The van der Waals surface area contributed by atoms with Crippen molar-refractivity contribution in [2.45, 2.75) is 264 Å². The van der Waals surface area contributed by atoms with Crippen LogP contribution in [0.2, 0.25) is 0 Å². The summed E-state index contributed by atoms with van der Waals surface area (Å²) in [6.45, 7) is 4.62. The molecule has 3 rings (SSSR count).